The molecule has 1 aromatic heterocycles. The number of hydrogen-bond donors (Lipinski definition) is 2. The summed E-state index contributed by atoms with van der Waals surface area (Å²) in [5.41, 5.74) is 8.87. The second-order valence-electron chi connectivity index (χ2n) is 5.27. The molecule has 1 aliphatic rings. The van der Waals surface area contributed by atoms with E-state index in [1.807, 2.05) is 12.1 Å². The van der Waals surface area contributed by atoms with E-state index in [1.165, 1.54) is 5.56 Å². The Labute approximate surface area is 124 Å². The maximum Gasteiger partial charge on any atom is 0.160 e. The molecule has 0 bridgehead atoms. The molecule has 0 atom stereocenters. The topological polar surface area (TPSA) is 71.6 Å². The summed E-state index contributed by atoms with van der Waals surface area (Å²) in [7, 11) is 1.57. The minimum atomic E-state index is 0.179. The highest BCUT2D eigenvalue weighted by molar-refractivity contribution is 5.53. The van der Waals surface area contributed by atoms with E-state index < -0.39 is 0 Å². The molecule has 1 aromatic carbocycles. The number of aryl methyl sites for hydroxylation is 1. The summed E-state index contributed by atoms with van der Waals surface area (Å²) < 4.78 is 5.19. The van der Waals surface area contributed by atoms with Crippen LogP contribution in [0, 0.1) is 0 Å². The van der Waals surface area contributed by atoms with Crippen LogP contribution in [-0.4, -0.2) is 23.7 Å². The van der Waals surface area contributed by atoms with Crippen molar-refractivity contribution in [3.05, 3.63) is 41.6 Å². The maximum absolute atomic E-state index is 9.98. The minimum absolute atomic E-state index is 0.179. The van der Waals surface area contributed by atoms with Gasteiger partial charge in [-0.05, 0) is 42.2 Å². The standard InChI is InChI=1S/C16H19N3O2/c1-21-15-8-11-3-2-6-19(10-12(11)7-14(15)20)16-9-13(17)4-5-18-16/h4-5,7-9,20H,2-3,6,10H2,1H3,(H2,17,18). The fourth-order valence-electron chi connectivity index (χ4n) is 2.74. The maximum atomic E-state index is 9.98. The van der Waals surface area contributed by atoms with Crippen molar-refractivity contribution in [3.63, 3.8) is 0 Å². The predicted octanol–water partition coefficient (Wildman–Crippen LogP) is 2.33. The molecule has 2 heterocycles. The molecule has 2 aromatic rings. The highest BCUT2D eigenvalue weighted by Gasteiger charge is 2.18. The molecule has 5 heteroatoms. The normalized spacial score (nSPS) is 14.4. The van der Waals surface area contributed by atoms with Crippen molar-refractivity contribution < 1.29 is 9.84 Å². The summed E-state index contributed by atoms with van der Waals surface area (Å²) in [4.78, 5) is 6.58. The zero-order chi connectivity index (χ0) is 14.8. The van der Waals surface area contributed by atoms with Gasteiger partial charge in [0.25, 0.3) is 0 Å². The van der Waals surface area contributed by atoms with Crippen molar-refractivity contribution in [2.75, 3.05) is 24.3 Å². The number of benzene rings is 1. The van der Waals surface area contributed by atoms with Crippen LogP contribution in [0.4, 0.5) is 11.5 Å². The smallest absolute Gasteiger partial charge is 0.160 e. The third-order valence-electron chi connectivity index (χ3n) is 3.83. The Kier molecular flexibility index (Phi) is 3.56. The summed E-state index contributed by atoms with van der Waals surface area (Å²) >= 11 is 0. The number of nitrogens with zero attached hydrogens (tertiary/aromatic N) is 2. The van der Waals surface area contributed by atoms with Crippen molar-refractivity contribution in [2.45, 2.75) is 19.4 Å². The zero-order valence-electron chi connectivity index (χ0n) is 12.0. The number of fused-ring (bicyclic) bond motifs is 1. The van der Waals surface area contributed by atoms with Gasteiger partial charge in [0.2, 0.25) is 0 Å². The first kappa shape index (κ1) is 13.5. The molecular formula is C16H19N3O2. The fraction of sp³-hybridized carbons (Fsp3) is 0.312. The number of anilines is 2. The summed E-state index contributed by atoms with van der Waals surface area (Å²) in [6, 6.07) is 7.39. The van der Waals surface area contributed by atoms with Crippen molar-refractivity contribution in [2.24, 2.45) is 0 Å². The average molecular weight is 285 g/mol. The van der Waals surface area contributed by atoms with Gasteiger partial charge in [-0.2, -0.15) is 0 Å². The van der Waals surface area contributed by atoms with Gasteiger partial charge in [0.05, 0.1) is 7.11 Å². The molecule has 5 nitrogen and oxygen atoms in total. The molecule has 3 rings (SSSR count). The number of aromatic nitrogens is 1. The zero-order valence-corrected chi connectivity index (χ0v) is 12.0. The number of nitrogens with two attached hydrogens (primary N) is 1. The summed E-state index contributed by atoms with van der Waals surface area (Å²) in [6.07, 6.45) is 3.71. The number of aromatic hydroxyl groups is 1. The molecule has 0 aliphatic carbocycles. The van der Waals surface area contributed by atoms with Gasteiger partial charge in [-0.3, -0.25) is 0 Å². The predicted molar refractivity (Wildman–Crippen MR) is 82.7 cm³/mol. The Morgan fingerprint density at radius 2 is 2.14 bits per heavy atom. The van der Waals surface area contributed by atoms with E-state index in [0.717, 1.165) is 30.8 Å². The lowest BCUT2D eigenvalue weighted by molar-refractivity contribution is 0.372. The van der Waals surface area contributed by atoms with Gasteiger partial charge >= 0.3 is 0 Å². The first-order valence-electron chi connectivity index (χ1n) is 7.02. The number of phenolic OH excluding ortho intramolecular Hbond substituents is 1. The quantitative estimate of drug-likeness (QED) is 0.886. The van der Waals surface area contributed by atoms with Crippen LogP contribution in [0.15, 0.2) is 30.5 Å². The van der Waals surface area contributed by atoms with Crippen molar-refractivity contribution in [3.8, 4) is 11.5 Å². The Morgan fingerprint density at radius 3 is 2.90 bits per heavy atom. The van der Waals surface area contributed by atoms with E-state index in [2.05, 4.69) is 9.88 Å². The molecule has 0 saturated heterocycles. The molecule has 1 aliphatic heterocycles. The van der Waals surface area contributed by atoms with Gasteiger partial charge in [-0.15, -0.1) is 0 Å². The van der Waals surface area contributed by atoms with Crippen LogP contribution in [-0.2, 0) is 13.0 Å². The summed E-state index contributed by atoms with van der Waals surface area (Å²) in [5.74, 6) is 1.58. The highest BCUT2D eigenvalue weighted by atomic mass is 16.5. The van der Waals surface area contributed by atoms with Gasteiger partial charge in [0.1, 0.15) is 5.82 Å². The molecule has 0 spiro atoms. The van der Waals surface area contributed by atoms with Crippen LogP contribution in [0.25, 0.3) is 0 Å². The molecule has 3 N–H and O–H groups in total. The Morgan fingerprint density at radius 1 is 1.29 bits per heavy atom. The van der Waals surface area contributed by atoms with Crippen LogP contribution in [0.5, 0.6) is 11.5 Å². The van der Waals surface area contributed by atoms with Gasteiger partial charge in [0.15, 0.2) is 11.5 Å². The van der Waals surface area contributed by atoms with Crippen LogP contribution < -0.4 is 15.4 Å². The van der Waals surface area contributed by atoms with E-state index in [1.54, 1.807) is 25.4 Å². The van der Waals surface area contributed by atoms with E-state index in [4.69, 9.17) is 10.5 Å². The van der Waals surface area contributed by atoms with E-state index in [-0.39, 0.29) is 5.75 Å². The Balaban J connectivity index is 1.94. The lowest BCUT2D eigenvalue weighted by Crippen LogP contribution is -2.23. The number of nitrogen functional groups attached to an aromatic ring is 1. The van der Waals surface area contributed by atoms with Crippen LogP contribution >= 0.6 is 0 Å². The first-order chi connectivity index (χ1) is 10.2. The summed E-state index contributed by atoms with van der Waals surface area (Å²) in [5, 5.41) is 9.98. The monoisotopic (exact) mass is 285 g/mol. The van der Waals surface area contributed by atoms with Crippen LogP contribution in [0.3, 0.4) is 0 Å². The number of rotatable bonds is 2. The number of phenols is 1. The largest absolute Gasteiger partial charge is 0.504 e. The third kappa shape index (κ3) is 2.72. The van der Waals surface area contributed by atoms with Gasteiger partial charge in [0, 0.05) is 31.0 Å². The van der Waals surface area contributed by atoms with Crippen molar-refractivity contribution >= 4 is 11.5 Å². The van der Waals surface area contributed by atoms with Crippen LogP contribution in [0.1, 0.15) is 17.5 Å². The SMILES string of the molecule is COc1cc2c(cc1O)CN(c1cc(N)ccn1)CCC2. The van der Waals surface area contributed by atoms with Crippen molar-refractivity contribution in [1.82, 2.24) is 4.98 Å². The first-order valence-corrected chi connectivity index (χ1v) is 7.02. The number of methoxy groups -OCH3 is 1. The molecule has 0 fully saturated rings. The molecular weight excluding hydrogens is 266 g/mol. The fourth-order valence-corrected chi connectivity index (χ4v) is 2.74. The number of ether oxygens (including phenoxy) is 1. The number of pyridine rings is 1. The lowest BCUT2D eigenvalue weighted by Gasteiger charge is -2.22. The minimum Gasteiger partial charge on any atom is -0.504 e. The van der Waals surface area contributed by atoms with E-state index in [9.17, 15) is 5.11 Å². The third-order valence-corrected chi connectivity index (χ3v) is 3.83. The van der Waals surface area contributed by atoms with Crippen molar-refractivity contribution in [1.29, 1.82) is 0 Å². The summed E-state index contributed by atoms with van der Waals surface area (Å²) in [6.45, 7) is 1.62. The number of hydrogen-bond acceptors (Lipinski definition) is 5. The molecule has 0 radical (unpaired) electrons. The highest BCUT2D eigenvalue weighted by Crippen LogP contribution is 2.33. The lowest BCUT2D eigenvalue weighted by atomic mass is 10.0. The second-order valence-corrected chi connectivity index (χ2v) is 5.27. The van der Waals surface area contributed by atoms with Crippen LogP contribution in [0.2, 0.25) is 0 Å². The van der Waals surface area contributed by atoms with Gasteiger partial charge in [-0.25, -0.2) is 4.98 Å². The Hall–Kier alpha value is -2.43. The molecule has 0 saturated carbocycles. The second kappa shape index (κ2) is 5.52. The molecule has 110 valence electrons. The van der Waals surface area contributed by atoms with E-state index >= 15 is 0 Å². The molecule has 21 heavy (non-hydrogen) atoms. The van der Waals surface area contributed by atoms with Gasteiger partial charge in [-0.1, -0.05) is 0 Å². The molecule has 0 amide bonds. The van der Waals surface area contributed by atoms with Gasteiger partial charge < -0.3 is 20.5 Å². The van der Waals surface area contributed by atoms with E-state index in [0.29, 0.717) is 18.0 Å². The average Bonchev–Trinajstić information content (AvgIpc) is 2.68. The Bertz CT molecular complexity index is 658. The molecule has 0 unspecified atom stereocenters.